The summed E-state index contributed by atoms with van der Waals surface area (Å²) < 4.78 is 9.90. The Bertz CT molecular complexity index is 549. The van der Waals surface area contributed by atoms with Crippen LogP contribution in [-0.2, 0) is 16.1 Å². The maximum Gasteiger partial charge on any atom is 0.308 e. The van der Waals surface area contributed by atoms with Gasteiger partial charge in [-0.1, -0.05) is 18.2 Å². The molecular weight excluding hydrogens is 246 g/mol. The fraction of sp³-hybridized carbons (Fsp3) is 0.357. The Hall–Kier alpha value is -1.85. The lowest BCUT2D eigenvalue weighted by Crippen LogP contribution is -2.28. The minimum absolute atomic E-state index is 0.00433. The molecule has 0 aliphatic rings. The molecule has 0 fully saturated rings. The second-order valence-corrected chi connectivity index (χ2v) is 4.32. The van der Waals surface area contributed by atoms with Crippen molar-refractivity contribution >= 4 is 16.9 Å². The smallest absolute Gasteiger partial charge is 0.308 e. The molecule has 0 saturated carbocycles. The minimum Gasteiger partial charge on any atom is -0.469 e. The molecular formula is C14H17NO4. The predicted octanol–water partition coefficient (Wildman–Crippen LogP) is 1.45. The van der Waals surface area contributed by atoms with Gasteiger partial charge in [0.15, 0.2) is 0 Å². The zero-order chi connectivity index (χ0) is 13.7. The summed E-state index contributed by atoms with van der Waals surface area (Å²) in [4.78, 5) is 11.0. The van der Waals surface area contributed by atoms with E-state index < -0.39 is 12.1 Å². The van der Waals surface area contributed by atoms with Crippen molar-refractivity contribution in [2.45, 2.75) is 19.1 Å². The van der Waals surface area contributed by atoms with E-state index in [4.69, 9.17) is 4.42 Å². The van der Waals surface area contributed by atoms with Crippen molar-refractivity contribution in [1.82, 2.24) is 5.32 Å². The number of methoxy groups -OCH3 is 1. The number of hydrogen-bond donors (Lipinski definition) is 2. The van der Waals surface area contributed by atoms with Gasteiger partial charge >= 0.3 is 5.97 Å². The number of aliphatic hydroxyl groups is 1. The molecule has 0 radical (unpaired) electrons. The van der Waals surface area contributed by atoms with Gasteiger partial charge in [-0.15, -0.1) is 0 Å². The Kier molecular flexibility index (Phi) is 4.54. The van der Waals surface area contributed by atoms with Crippen molar-refractivity contribution in [3.63, 3.8) is 0 Å². The minimum atomic E-state index is -0.745. The number of aliphatic hydroxyl groups excluding tert-OH is 1. The first-order valence-corrected chi connectivity index (χ1v) is 6.11. The molecule has 0 saturated heterocycles. The van der Waals surface area contributed by atoms with Crippen molar-refractivity contribution in [3.8, 4) is 0 Å². The molecule has 0 aliphatic carbocycles. The van der Waals surface area contributed by atoms with Crippen molar-refractivity contribution < 1.29 is 19.1 Å². The monoisotopic (exact) mass is 263 g/mol. The van der Waals surface area contributed by atoms with Gasteiger partial charge < -0.3 is 19.6 Å². The quantitative estimate of drug-likeness (QED) is 0.772. The Labute approximate surface area is 111 Å². The summed E-state index contributed by atoms with van der Waals surface area (Å²) in [6.45, 7) is 0.907. The van der Waals surface area contributed by atoms with E-state index in [1.165, 1.54) is 7.11 Å². The first-order valence-electron chi connectivity index (χ1n) is 6.11. The third-order valence-corrected chi connectivity index (χ3v) is 2.89. The highest BCUT2D eigenvalue weighted by Gasteiger charge is 2.11. The zero-order valence-corrected chi connectivity index (χ0v) is 10.8. The van der Waals surface area contributed by atoms with Gasteiger partial charge in [-0.25, -0.2) is 0 Å². The number of benzene rings is 1. The van der Waals surface area contributed by atoms with E-state index in [9.17, 15) is 9.90 Å². The summed E-state index contributed by atoms with van der Waals surface area (Å²) in [6.07, 6.45) is 0.950. The van der Waals surface area contributed by atoms with Crippen LogP contribution >= 0.6 is 0 Å². The van der Waals surface area contributed by atoms with Crippen LogP contribution < -0.4 is 5.32 Å². The van der Waals surface area contributed by atoms with Crippen molar-refractivity contribution in [1.29, 1.82) is 0 Å². The van der Waals surface area contributed by atoms with Gasteiger partial charge in [-0.3, -0.25) is 4.79 Å². The van der Waals surface area contributed by atoms with Crippen LogP contribution in [0.1, 0.15) is 12.0 Å². The number of nitrogens with one attached hydrogen (secondary N) is 1. The molecule has 102 valence electrons. The molecule has 0 bridgehead atoms. The van der Waals surface area contributed by atoms with Crippen LogP contribution in [0.25, 0.3) is 11.0 Å². The maximum absolute atomic E-state index is 11.0. The van der Waals surface area contributed by atoms with Crippen LogP contribution in [0.15, 0.2) is 34.9 Å². The van der Waals surface area contributed by atoms with Gasteiger partial charge in [-0.05, 0) is 6.07 Å². The average Bonchev–Trinajstić information content (AvgIpc) is 2.82. The number of furan rings is 1. The summed E-state index contributed by atoms with van der Waals surface area (Å²) in [5, 5.41) is 13.8. The van der Waals surface area contributed by atoms with Crippen molar-refractivity contribution in [3.05, 3.63) is 36.1 Å². The first kappa shape index (κ1) is 13.6. The SMILES string of the molecule is COC(=O)CC(O)CNCc1coc2ccccc12. The Balaban J connectivity index is 1.84. The number of hydrogen-bond acceptors (Lipinski definition) is 5. The number of ether oxygens (including phenoxy) is 1. The fourth-order valence-electron chi connectivity index (χ4n) is 1.89. The van der Waals surface area contributed by atoms with Crippen LogP contribution in [-0.4, -0.2) is 30.8 Å². The predicted molar refractivity (Wildman–Crippen MR) is 70.6 cm³/mol. The number of carbonyl (C=O) groups is 1. The highest BCUT2D eigenvalue weighted by atomic mass is 16.5. The molecule has 0 spiro atoms. The van der Waals surface area contributed by atoms with Gasteiger partial charge in [0.1, 0.15) is 5.58 Å². The summed E-state index contributed by atoms with van der Waals surface area (Å²) >= 11 is 0. The van der Waals surface area contributed by atoms with Crippen LogP contribution in [0.2, 0.25) is 0 Å². The molecule has 2 aromatic rings. The van der Waals surface area contributed by atoms with Crippen LogP contribution in [0.3, 0.4) is 0 Å². The molecule has 19 heavy (non-hydrogen) atoms. The van der Waals surface area contributed by atoms with Gasteiger partial charge in [0.05, 0.1) is 25.9 Å². The van der Waals surface area contributed by atoms with Gasteiger partial charge in [0.25, 0.3) is 0 Å². The van der Waals surface area contributed by atoms with Crippen molar-refractivity contribution in [2.24, 2.45) is 0 Å². The van der Waals surface area contributed by atoms with Gasteiger partial charge in [0, 0.05) is 24.0 Å². The van der Waals surface area contributed by atoms with Crippen LogP contribution in [0.5, 0.6) is 0 Å². The number of rotatable bonds is 6. The van der Waals surface area contributed by atoms with E-state index in [1.54, 1.807) is 6.26 Å². The average molecular weight is 263 g/mol. The fourth-order valence-corrected chi connectivity index (χ4v) is 1.89. The van der Waals surface area contributed by atoms with Gasteiger partial charge in [-0.2, -0.15) is 0 Å². The highest BCUT2D eigenvalue weighted by molar-refractivity contribution is 5.80. The third kappa shape index (κ3) is 3.56. The number of fused-ring (bicyclic) bond motifs is 1. The molecule has 2 N–H and O–H groups in total. The molecule has 1 unspecified atom stereocenters. The van der Waals surface area contributed by atoms with Crippen LogP contribution in [0.4, 0.5) is 0 Å². The molecule has 5 heteroatoms. The zero-order valence-electron chi connectivity index (χ0n) is 10.8. The van der Waals surface area contributed by atoms with E-state index >= 15 is 0 Å². The normalized spacial score (nSPS) is 12.5. The second-order valence-electron chi connectivity index (χ2n) is 4.32. The van der Waals surface area contributed by atoms with E-state index in [-0.39, 0.29) is 6.42 Å². The largest absolute Gasteiger partial charge is 0.469 e. The number of carbonyl (C=O) groups excluding carboxylic acids is 1. The Morgan fingerprint density at radius 1 is 1.47 bits per heavy atom. The van der Waals surface area contributed by atoms with E-state index in [1.807, 2.05) is 24.3 Å². The Morgan fingerprint density at radius 2 is 2.26 bits per heavy atom. The molecule has 0 amide bonds. The highest BCUT2D eigenvalue weighted by Crippen LogP contribution is 2.20. The lowest BCUT2D eigenvalue weighted by Gasteiger charge is -2.09. The standard InChI is InChI=1S/C14H17NO4/c1-18-14(17)6-11(16)8-15-7-10-9-19-13-5-3-2-4-12(10)13/h2-5,9,11,15-16H,6-8H2,1H3. The molecule has 0 aliphatic heterocycles. The molecule has 1 atom stereocenters. The Morgan fingerprint density at radius 3 is 3.05 bits per heavy atom. The maximum atomic E-state index is 11.0. The summed E-state index contributed by atoms with van der Waals surface area (Å²) in [7, 11) is 1.31. The number of para-hydroxylation sites is 1. The molecule has 5 nitrogen and oxygen atoms in total. The summed E-state index contributed by atoms with van der Waals surface area (Å²) in [6, 6.07) is 7.77. The molecule has 1 heterocycles. The second kappa shape index (κ2) is 6.36. The van der Waals surface area contributed by atoms with E-state index in [2.05, 4.69) is 10.1 Å². The summed E-state index contributed by atoms with van der Waals surface area (Å²) in [5.41, 5.74) is 1.87. The topological polar surface area (TPSA) is 71.7 Å². The molecule has 1 aromatic heterocycles. The van der Waals surface area contributed by atoms with Crippen molar-refractivity contribution in [2.75, 3.05) is 13.7 Å². The number of esters is 1. The van der Waals surface area contributed by atoms with E-state index in [0.717, 1.165) is 16.5 Å². The van der Waals surface area contributed by atoms with Crippen LogP contribution in [0, 0.1) is 0 Å². The lowest BCUT2D eigenvalue weighted by molar-refractivity contribution is -0.142. The third-order valence-electron chi connectivity index (χ3n) is 2.89. The molecule has 2 rings (SSSR count). The molecule has 1 aromatic carbocycles. The first-order chi connectivity index (χ1) is 9.20. The van der Waals surface area contributed by atoms with E-state index in [0.29, 0.717) is 13.1 Å². The lowest BCUT2D eigenvalue weighted by atomic mass is 10.2. The van der Waals surface area contributed by atoms with Gasteiger partial charge in [0.2, 0.25) is 0 Å². The summed E-state index contributed by atoms with van der Waals surface area (Å²) in [5.74, 6) is -0.414.